The predicted octanol–water partition coefficient (Wildman–Crippen LogP) is -0.306. The zero-order valence-electron chi connectivity index (χ0n) is 14.0. The number of nitrogen functional groups attached to an aromatic ring is 1. The molecule has 9 nitrogen and oxygen atoms in total. The molecule has 0 spiro atoms. The number of nitrogens with zero attached hydrogens (tertiary/aromatic N) is 4. The average molecular weight is 362 g/mol. The van der Waals surface area contributed by atoms with Crippen LogP contribution in [-0.2, 0) is 18.9 Å². The molecule has 0 atom stereocenters. The second-order valence-electron chi connectivity index (χ2n) is 5.22. The number of carbonyl (C=O) groups is 1. The smallest absolute Gasteiger partial charge is 0.346 e. The molecular formula is C15H18N6O3S. The van der Waals surface area contributed by atoms with Gasteiger partial charge in [0, 0.05) is 19.8 Å². The van der Waals surface area contributed by atoms with Crippen molar-refractivity contribution in [2.24, 2.45) is 19.2 Å². The lowest BCUT2D eigenvalue weighted by Gasteiger charge is -2.05. The summed E-state index contributed by atoms with van der Waals surface area (Å²) in [7, 11) is 2.79. The second-order valence-corrected chi connectivity index (χ2v) is 6.19. The van der Waals surface area contributed by atoms with E-state index in [1.807, 2.05) is 6.07 Å². The number of thioether (sulfide) groups is 1. The van der Waals surface area contributed by atoms with E-state index in [1.54, 1.807) is 25.1 Å². The van der Waals surface area contributed by atoms with E-state index in [1.165, 1.54) is 14.1 Å². The molecule has 0 unspecified atom stereocenters. The van der Waals surface area contributed by atoms with E-state index in [2.05, 4.69) is 15.6 Å². The summed E-state index contributed by atoms with van der Waals surface area (Å²) in [6, 6.07) is 7.13. The average Bonchev–Trinajstić information content (AvgIpc) is 2.59. The van der Waals surface area contributed by atoms with Crippen molar-refractivity contribution in [2.75, 3.05) is 11.5 Å². The number of nitrogens with one attached hydrogen (secondary N) is 1. The van der Waals surface area contributed by atoms with E-state index >= 15 is 0 Å². The first-order valence-electron chi connectivity index (χ1n) is 7.25. The highest BCUT2D eigenvalue weighted by Gasteiger charge is 2.11. The monoisotopic (exact) mass is 362 g/mol. The SMILES string of the molecule is C/C(=N/NC(=O)CSc1nn(C)c(=O)n(C)c1=O)c1cccc(N)c1. The third-order valence-electron chi connectivity index (χ3n) is 3.28. The molecule has 0 saturated carbocycles. The Bertz CT molecular complexity index is 947. The van der Waals surface area contributed by atoms with Gasteiger partial charge in [0.15, 0.2) is 5.03 Å². The third-order valence-corrected chi connectivity index (χ3v) is 4.22. The fraction of sp³-hybridized carbons (Fsp3) is 0.267. The highest BCUT2D eigenvalue weighted by Crippen LogP contribution is 2.09. The van der Waals surface area contributed by atoms with Crippen LogP contribution in [0.5, 0.6) is 0 Å². The first-order chi connectivity index (χ1) is 11.8. The molecule has 1 amide bonds. The van der Waals surface area contributed by atoms with Crippen LogP contribution in [0.3, 0.4) is 0 Å². The first kappa shape index (κ1) is 18.5. The lowest BCUT2D eigenvalue weighted by atomic mass is 10.1. The number of hydrogen-bond donors (Lipinski definition) is 2. The molecule has 2 rings (SSSR count). The largest absolute Gasteiger partial charge is 0.399 e. The van der Waals surface area contributed by atoms with Gasteiger partial charge in [-0.3, -0.25) is 14.2 Å². The van der Waals surface area contributed by atoms with Gasteiger partial charge in [-0.25, -0.2) is 14.9 Å². The van der Waals surface area contributed by atoms with Crippen LogP contribution in [0.1, 0.15) is 12.5 Å². The molecule has 1 heterocycles. The molecule has 25 heavy (non-hydrogen) atoms. The number of hydrogen-bond acceptors (Lipinski definition) is 7. The number of benzene rings is 1. The Morgan fingerprint density at radius 3 is 2.76 bits per heavy atom. The Kier molecular flexibility index (Phi) is 5.75. The van der Waals surface area contributed by atoms with Gasteiger partial charge in [-0.05, 0) is 24.6 Å². The molecule has 0 aliphatic carbocycles. The van der Waals surface area contributed by atoms with E-state index in [0.29, 0.717) is 11.4 Å². The fourth-order valence-corrected chi connectivity index (χ4v) is 2.67. The van der Waals surface area contributed by atoms with Crippen LogP contribution in [0.4, 0.5) is 5.69 Å². The standard InChI is InChI=1S/C15H18N6O3S/c1-9(10-5-4-6-11(16)7-10)17-18-12(22)8-25-13-14(23)20(2)15(24)21(3)19-13/h4-7H,8,16H2,1-3H3,(H,18,22)/b17-9-. The zero-order chi connectivity index (χ0) is 18.6. The number of amides is 1. The van der Waals surface area contributed by atoms with Gasteiger partial charge in [-0.1, -0.05) is 23.9 Å². The number of aromatic nitrogens is 3. The van der Waals surface area contributed by atoms with Crippen molar-refractivity contribution in [1.29, 1.82) is 0 Å². The zero-order valence-corrected chi connectivity index (χ0v) is 14.8. The van der Waals surface area contributed by atoms with Crippen molar-refractivity contribution in [2.45, 2.75) is 11.9 Å². The van der Waals surface area contributed by atoms with Gasteiger partial charge in [0.2, 0.25) is 5.91 Å². The predicted molar refractivity (Wildman–Crippen MR) is 96.7 cm³/mol. The molecule has 132 valence electrons. The van der Waals surface area contributed by atoms with Crippen LogP contribution in [0.25, 0.3) is 0 Å². The highest BCUT2D eigenvalue weighted by atomic mass is 32.2. The number of carbonyl (C=O) groups excluding carboxylic acids is 1. The Morgan fingerprint density at radius 2 is 2.08 bits per heavy atom. The molecule has 1 aromatic carbocycles. The summed E-state index contributed by atoms with van der Waals surface area (Å²) < 4.78 is 1.99. The quantitative estimate of drug-likeness (QED) is 0.325. The van der Waals surface area contributed by atoms with Gasteiger partial charge in [-0.2, -0.15) is 10.2 Å². The number of nitrogens with two attached hydrogens (primary N) is 1. The minimum Gasteiger partial charge on any atom is -0.399 e. The van der Waals surface area contributed by atoms with Crippen LogP contribution >= 0.6 is 11.8 Å². The molecule has 0 radical (unpaired) electrons. The van der Waals surface area contributed by atoms with Crippen molar-refractivity contribution in [3.8, 4) is 0 Å². The van der Waals surface area contributed by atoms with E-state index in [9.17, 15) is 14.4 Å². The summed E-state index contributed by atoms with van der Waals surface area (Å²) in [5, 5.41) is 7.94. The lowest BCUT2D eigenvalue weighted by Crippen LogP contribution is -2.39. The van der Waals surface area contributed by atoms with Crippen LogP contribution < -0.4 is 22.4 Å². The third kappa shape index (κ3) is 4.57. The number of anilines is 1. The van der Waals surface area contributed by atoms with Crippen LogP contribution in [0, 0.1) is 0 Å². The van der Waals surface area contributed by atoms with Gasteiger partial charge in [0.1, 0.15) is 0 Å². The van der Waals surface area contributed by atoms with Crippen molar-refractivity contribution in [3.63, 3.8) is 0 Å². The molecule has 0 aliphatic heterocycles. The molecule has 1 aromatic heterocycles. The Balaban J connectivity index is 2.01. The van der Waals surface area contributed by atoms with Gasteiger partial charge >= 0.3 is 5.69 Å². The first-order valence-corrected chi connectivity index (χ1v) is 8.24. The maximum atomic E-state index is 11.9. The maximum Gasteiger partial charge on any atom is 0.346 e. The topological polar surface area (TPSA) is 124 Å². The molecule has 10 heteroatoms. The molecule has 0 fully saturated rings. The fourth-order valence-electron chi connectivity index (χ4n) is 1.90. The maximum absolute atomic E-state index is 11.9. The lowest BCUT2D eigenvalue weighted by molar-refractivity contribution is -0.118. The van der Waals surface area contributed by atoms with Gasteiger partial charge in [0.05, 0.1) is 11.5 Å². The number of rotatable bonds is 5. The van der Waals surface area contributed by atoms with E-state index in [-0.39, 0.29) is 10.8 Å². The van der Waals surface area contributed by atoms with Gasteiger partial charge in [0.25, 0.3) is 5.56 Å². The number of hydrazone groups is 1. The second kappa shape index (κ2) is 7.79. The van der Waals surface area contributed by atoms with Crippen LogP contribution in [-0.4, -0.2) is 31.7 Å². The molecule has 3 N–H and O–H groups in total. The summed E-state index contributed by atoms with van der Waals surface area (Å²) >= 11 is 0.937. The number of aryl methyl sites for hydroxylation is 1. The summed E-state index contributed by atoms with van der Waals surface area (Å²) in [5.41, 5.74) is 9.04. The normalized spacial score (nSPS) is 11.4. The Labute approximate surface area is 147 Å². The van der Waals surface area contributed by atoms with E-state index in [0.717, 1.165) is 26.6 Å². The van der Waals surface area contributed by atoms with Gasteiger partial charge < -0.3 is 5.73 Å². The molecule has 0 bridgehead atoms. The van der Waals surface area contributed by atoms with Crippen molar-refractivity contribution in [1.82, 2.24) is 19.8 Å². The van der Waals surface area contributed by atoms with Crippen LogP contribution in [0.2, 0.25) is 0 Å². The minimum absolute atomic E-state index is 0.0614. The summed E-state index contributed by atoms with van der Waals surface area (Å²) in [6.45, 7) is 1.74. The molecule has 0 aliphatic rings. The highest BCUT2D eigenvalue weighted by molar-refractivity contribution is 7.99. The van der Waals surface area contributed by atoms with Crippen molar-refractivity contribution < 1.29 is 4.79 Å². The van der Waals surface area contributed by atoms with Crippen molar-refractivity contribution in [3.05, 3.63) is 50.7 Å². The summed E-state index contributed by atoms with van der Waals surface area (Å²) in [4.78, 5) is 35.4. The summed E-state index contributed by atoms with van der Waals surface area (Å²) in [6.07, 6.45) is 0. The molecule has 2 aromatic rings. The van der Waals surface area contributed by atoms with Crippen molar-refractivity contribution >= 4 is 29.1 Å². The molecular weight excluding hydrogens is 344 g/mol. The van der Waals surface area contributed by atoms with E-state index in [4.69, 9.17) is 5.73 Å². The summed E-state index contributed by atoms with van der Waals surface area (Å²) in [5.74, 6) is -0.459. The molecule has 0 saturated heterocycles. The van der Waals surface area contributed by atoms with Gasteiger partial charge in [-0.15, -0.1) is 0 Å². The van der Waals surface area contributed by atoms with Crippen LogP contribution in [0.15, 0.2) is 44.0 Å². The van der Waals surface area contributed by atoms with E-state index < -0.39 is 17.2 Å². The Morgan fingerprint density at radius 1 is 1.36 bits per heavy atom. The Hall–Kier alpha value is -2.88. The minimum atomic E-state index is -0.541.